The summed E-state index contributed by atoms with van der Waals surface area (Å²) in [5.74, 6) is 0.100. The number of nitrogens with zero attached hydrogens (tertiary/aromatic N) is 1. The zero-order chi connectivity index (χ0) is 22.1. The summed E-state index contributed by atoms with van der Waals surface area (Å²) in [6.07, 6.45) is 1.30. The van der Waals surface area contributed by atoms with Crippen LogP contribution in [0, 0.1) is 0 Å². The van der Waals surface area contributed by atoms with Gasteiger partial charge in [-0.1, -0.05) is 49.2 Å². The summed E-state index contributed by atoms with van der Waals surface area (Å²) < 4.78 is 5.63. The van der Waals surface area contributed by atoms with E-state index in [0.29, 0.717) is 22.2 Å². The number of nitrogens with one attached hydrogen (secondary N) is 1. The Bertz CT molecular complexity index is 825. The molecule has 0 heterocycles. The van der Waals surface area contributed by atoms with E-state index in [-0.39, 0.29) is 31.0 Å². The third-order valence-corrected chi connectivity index (χ3v) is 5.33. The molecule has 0 bridgehead atoms. The van der Waals surface area contributed by atoms with E-state index in [1.165, 1.54) is 0 Å². The maximum Gasteiger partial charge on any atom is 0.261 e. The van der Waals surface area contributed by atoms with E-state index < -0.39 is 6.04 Å². The molecule has 1 N–H and O–H groups in total. The first-order valence-electron chi connectivity index (χ1n) is 10.1. The lowest BCUT2D eigenvalue weighted by atomic mass is 10.1. The van der Waals surface area contributed by atoms with Gasteiger partial charge < -0.3 is 15.0 Å². The van der Waals surface area contributed by atoms with Gasteiger partial charge >= 0.3 is 0 Å². The standard InChI is InChI=1S/C23H28Cl2N2O3/c1-4-16(3)26-23(29)21(5-2)27(14-17-6-8-18(24)9-7-17)22(28)15-30-20-12-10-19(25)11-13-20/h6-13,16,21H,4-5,14-15H2,1-3H3,(H,26,29)/t16-,21-/m0/s1. The van der Waals surface area contributed by atoms with Gasteiger partial charge in [0.05, 0.1) is 0 Å². The van der Waals surface area contributed by atoms with Gasteiger partial charge in [-0.25, -0.2) is 0 Å². The monoisotopic (exact) mass is 450 g/mol. The molecule has 0 radical (unpaired) electrons. The van der Waals surface area contributed by atoms with Crippen molar-refractivity contribution in [2.45, 2.75) is 52.2 Å². The topological polar surface area (TPSA) is 58.6 Å². The van der Waals surface area contributed by atoms with Crippen molar-refractivity contribution < 1.29 is 14.3 Å². The molecule has 30 heavy (non-hydrogen) atoms. The Labute approximate surface area is 188 Å². The summed E-state index contributed by atoms with van der Waals surface area (Å²) >= 11 is 11.9. The van der Waals surface area contributed by atoms with E-state index in [1.807, 2.05) is 32.9 Å². The van der Waals surface area contributed by atoms with Crippen LogP contribution in [0.3, 0.4) is 0 Å². The van der Waals surface area contributed by atoms with E-state index in [1.54, 1.807) is 41.3 Å². The quantitative estimate of drug-likeness (QED) is 0.547. The first-order valence-corrected chi connectivity index (χ1v) is 10.8. The minimum atomic E-state index is -0.601. The second-order valence-electron chi connectivity index (χ2n) is 7.13. The van der Waals surface area contributed by atoms with Crippen LogP contribution in [-0.4, -0.2) is 35.4 Å². The highest BCUT2D eigenvalue weighted by molar-refractivity contribution is 6.30. The Kier molecular flexibility index (Phi) is 9.47. The molecule has 2 amide bonds. The van der Waals surface area contributed by atoms with Crippen LogP contribution in [0.5, 0.6) is 5.75 Å². The molecule has 5 nitrogen and oxygen atoms in total. The zero-order valence-electron chi connectivity index (χ0n) is 17.5. The summed E-state index contributed by atoms with van der Waals surface area (Å²) in [7, 11) is 0. The van der Waals surface area contributed by atoms with E-state index in [0.717, 1.165) is 12.0 Å². The molecule has 2 rings (SSSR count). The van der Waals surface area contributed by atoms with Crippen molar-refractivity contribution in [2.75, 3.05) is 6.61 Å². The van der Waals surface area contributed by atoms with Crippen LogP contribution in [-0.2, 0) is 16.1 Å². The van der Waals surface area contributed by atoms with Crippen LogP contribution in [0.25, 0.3) is 0 Å². The fourth-order valence-electron chi connectivity index (χ4n) is 2.91. The van der Waals surface area contributed by atoms with Crippen molar-refractivity contribution in [3.05, 3.63) is 64.1 Å². The highest BCUT2D eigenvalue weighted by atomic mass is 35.5. The van der Waals surface area contributed by atoms with Gasteiger partial charge in [0.25, 0.3) is 5.91 Å². The predicted molar refractivity (Wildman–Crippen MR) is 121 cm³/mol. The van der Waals surface area contributed by atoms with Crippen molar-refractivity contribution in [3.8, 4) is 5.75 Å². The van der Waals surface area contributed by atoms with E-state index in [2.05, 4.69) is 5.32 Å². The number of benzene rings is 2. The van der Waals surface area contributed by atoms with Gasteiger partial charge in [-0.15, -0.1) is 0 Å². The molecule has 0 unspecified atom stereocenters. The molecule has 7 heteroatoms. The third-order valence-electron chi connectivity index (χ3n) is 4.83. The molecular formula is C23H28Cl2N2O3. The second kappa shape index (κ2) is 11.8. The molecule has 162 valence electrons. The maximum absolute atomic E-state index is 13.1. The normalized spacial score (nSPS) is 12.7. The van der Waals surface area contributed by atoms with E-state index >= 15 is 0 Å². The van der Waals surface area contributed by atoms with Gasteiger partial charge in [0.1, 0.15) is 11.8 Å². The smallest absolute Gasteiger partial charge is 0.261 e. The number of carbonyl (C=O) groups is 2. The Morgan fingerprint density at radius 1 is 0.967 bits per heavy atom. The van der Waals surface area contributed by atoms with Crippen molar-refractivity contribution in [2.24, 2.45) is 0 Å². The first kappa shape index (κ1) is 24.0. The number of amides is 2. The Morgan fingerprint density at radius 2 is 1.53 bits per heavy atom. The molecule has 2 aromatic carbocycles. The lowest BCUT2D eigenvalue weighted by Crippen LogP contribution is -2.51. The minimum absolute atomic E-state index is 0.0318. The molecule has 0 aliphatic heterocycles. The molecule has 0 fully saturated rings. The SMILES string of the molecule is CC[C@H](C)NC(=O)[C@H](CC)N(Cc1ccc(Cl)cc1)C(=O)COc1ccc(Cl)cc1. The van der Waals surface area contributed by atoms with Gasteiger partial charge in [-0.05, 0) is 61.7 Å². The van der Waals surface area contributed by atoms with Crippen LogP contribution in [0.2, 0.25) is 10.0 Å². The van der Waals surface area contributed by atoms with Crippen LogP contribution < -0.4 is 10.1 Å². The average Bonchev–Trinajstić information content (AvgIpc) is 2.74. The summed E-state index contributed by atoms with van der Waals surface area (Å²) in [6.45, 7) is 5.94. The fraction of sp³-hybridized carbons (Fsp3) is 0.391. The van der Waals surface area contributed by atoms with Gasteiger partial charge in [-0.2, -0.15) is 0 Å². The van der Waals surface area contributed by atoms with Crippen molar-refractivity contribution in [1.29, 1.82) is 0 Å². The molecule has 2 aromatic rings. The molecular weight excluding hydrogens is 423 g/mol. The summed E-state index contributed by atoms with van der Waals surface area (Å²) in [6, 6.07) is 13.5. The summed E-state index contributed by atoms with van der Waals surface area (Å²) in [5.41, 5.74) is 0.883. The maximum atomic E-state index is 13.1. The lowest BCUT2D eigenvalue weighted by molar-refractivity contribution is -0.143. The van der Waals surface area contributed by atoms with Crippen molar-refractivity contribution >= 4 is 35.0 Å². The Morgan fingerprint density at radius 3 is 2.07 bits per heavy atom. The average molecular weight is 451 g/mol. The largest absolute Gasteiger partial charge is 0.484 e. The van der Waals surface area contributed by atoms with Gasteiger partial charge in [0, 0.05) is 22.6 Å². The van der Waals surface area contributed by atoms with Crippen LogP contribution in [0.4, 0.5) is 0 Å². The fourth-order valence-corrected chi connectivity index (χ4v) is 3.16. The molecule has 0 spiro atoms. The molecule has 0 saturated heterocycles. The second-order valence-corrected chi connectivity index (χ2v) is 8.01. The molecule has 0 aromatic heterocycles. The first-order chi connectivity index (χ1) is 14.3. The highest BCUT2D eigenvalue weighted by Crippen LogP contribution is 2.18. The Balaban J connectivity index is 2.19. The molecule has 0 aliphatic rings. The number of halogens is 2. The third kappa shape index (κ3) is 7.22. The number of hydrogen-bond acceptors (Lipinski definition) is 3. The highest BCUT2D eigenvalue weighted by Gasteiger charge is 2.29. The minimum Gasteiger partial charge on any atom is -0.484 e. The Hall–Kier alpha value is -2.24. The van der Waals surface area contributed by atoms with Crippen molar-refractivity contribution in [1.82, 2.24) is 10.2 Å². The molecule has 0 saturated carbocycles. The molecule has 0 aliphatic carbocycles. The number of rotatable bonds is 10. The van der Waals surface area contributed by atoms with Crippen LogP contribution >= 0.6 is 23.2 Å². The van der Waals surface area contributed by atoms with E-state index in [4.69, 9.17) is 27.9 Å². The van der Waals surface area contributed by atoms with Gasteiger partial charge in [0.15, 0.2) is 6.61 Å². The number of carbonyl (C=O) groups excluding carboxylic acids is 2. The van der Waals surface area contributed by atoms with Gasteiger partial charge in [0.2, 0.25) is 5.91 Å². The number of hydrogen-bond donors (Lipinski definition) is 1. The van der Waals surface area contributed by atoms with Crippen molar-refractivity contribution in [3.63, 3.8) is 0 Å². The lowest BCUT2D eigenvalue weighted by Gasteiger charge is -2.31. The summed E-state index contributed by atoms with van der Waals surface area (Å²) in [5, 5.41) is 4.19. The van der Waals surface area contributed by atoms with Gasteiger partial charge in [-0.3, -0.25) is 9.59 Å². The van der Waals surface area contributed by atoms with Crippen LogP contribution in [0.1, 0.15) is 39.2 Å². The van der Waals surface area contributed by atoms with E-state index in [9.17, 15) is 9.59 Å². The zero-order valence-corrected chi connectivity index (χ0v) is 19.0. The van der Waals surface area contributed by atoms with Crippen LogP contribution in [0.15, 0.2) is 48.5 Å². The number of ether oxygens (including phenoxy) is 1. The predicted octanol–water partition coefficient (Wildman–Crippen LogP) is 5.09. The summed E-state index contributed by atoms with van der Waals surface area (Å²) in [4.78, 5) is 27.5. The molecule has 2 atom stereocenters.